The molecule has 7 nitrogen and oxygen atoms in total. The molecular formula is C16H17N3O4. The number of ketones is 1. The van der Waals surface area contributed by atoms with Crippen LogP contribution >= 0.6 is 0 Å². The van der Waals surface area contributed by atoms with E-state index in [1.165, 1.54) is 0 Å². The summed E-state index contributed by atoms with van der Waals surface area (Å²) < 4.78 is 10.6. The van der Waals surface area contributed by atoms with Gasteiger partial charge in [-0.15, -0.1) is 10.2 Å². The fourth-order valence-corrected chi connectivity index (χ4v) is 2.05. The van der Waals surface area contributed by atoms with Crippen LogP contribution in [0.2, 0.25) is 0 Å². The highest BCUT2D eigenvalue weighted by Gasteiger charge is 2.29. The predicted molar refractivity (Wildman–Crippen MR) is 79.9 cm³/mol. The van der Waals surface area contributed by atoms with Gasteiger partial charge in [0.15, 0.2) is 5.78 Å². The van der Waals surface area contributed by atoms with Crippen molar-refractivity contribution in [1.29, 1.82) is 0 Å². The molecule has 120 valence electrons. The van der Waals surface area contributed by atoms with Gasteiger partial charge in [0.2, 0.25) is 11.8 Å². The van der Waals surface area contributed by atoms with Crippen molar-refractivity contribution in [2.24, 2.45) is 5.92 Å². The summed E-state index contributed by atoms with van der Waals surface area (Å²) in [6.07, 6.45) is 1.95. The molecule has 2 aromatic rings. The lowest BCUT2D eigenvalue weighted by Crippen LogP contribution is -2.22. The summed E-state index contributed by atoms with van der Waals surface area (Å²) in [5.74, 6) is 1.46. The molecule has 0 saturated heterocycles. The van der Waals surface area contributed by atoms with E-state index in [2.05, 4.69) is 15.5 Å². The highest BCUT2D eigenvalue weighted by molar-refractivity contribution is 5.94. The molecule has 0 spiro atoms. The molecule has 0 atom stereocenters. The number of aryl methyl sites for hydroxylation is 1. The standard InChI is InChI=1S/C16H17N3O4/c1-10-18-19-15(23-10)8-17-16(21)12-4-6-13(7-5-12)22-9-14(20)11-2-3-11/h4-7,11H,2-3,8-9H2,1H3,(H,17,21). The van der Waals surface area contributed by atoms with Gasteiger partial charge in [0.1, 0.15) is 12.4 Å². The first kappa shape index (κ1) is 15.2. The van der Waals surface area contributed by atoms with Gasteiger partial charge in [0, 0.05) is 18.4 Å². The number of benzene rings is 1. The molecule has 0 unspecified atom stereocenters. The SMILES string of the molecule is Cc1nnc(CNC(=O)c2ccc(OCC(=O)C3CC3)cc2)o1. The van der Waals surface area contributed by atoms with Gasteiger partial charge < -0.3 is 14.5 Å². The lowest BCUT2D eigenvalue weighted by Gasteiger charge is -2.06. The van der Waals surface area contributed by atoms with Crippen molar-refractivity contribution < 1.29 is 18.7 Å². The van der Waals surface area contributed by atoms with Crippen molar-refractivity contribution in [1.82, 2.24) is 15.5 Å². The van der Waals surface area contributed by atoms with Gasteiger partial charge >= 0.3 is 0 Å². The second-order valence-corrected chi connectivity index (χ2v) is 5.45. The van der Waals surface area contributed by atoms with E-state index in [9.17, 15) is 9.59 Å². The number of carbonyl (C=O) groups is 2. The Balaban J connectivity index is 1.49. The Bertz CT molecular complexity index is 704. The van der Waals surface area contributed by atoms with Crippen LogP contribution in [0, 0.1) is 12.8 Å². The Morgan fingerprint density at radius 3 is 2.61 bits per heavy atom. The molecule has 1 N–H and O–H groups in total. The third-order valence-electron chi connectivity index (χ3n) is 3.50. The maximum Gasteiger partial charge on any atom is 0.251 e. The average Bonchev–Trinajstić information content (AvgIpc) is 3.33. The van der Waals surface area contributed by atoms with Gasteiger partial charge in [0.25, 0.3) is 5.91 Å². The van der Waals surface area contributed by atoms with Gasteiger partial charge in [0.05, 0.1) is 6.54 Å². The number of amides is 1. The van der Waals surface area contributed by atoms with Gasteiger partial charge in [-0.05, 0) is 37.1 Å². The Morgan fingerprint density at radius 2 is 2.00 bits per heavy atom. The van der Waals surface area contributed by atoms with Gasteiger partial charge in [-0.1, -0.05) is 0 Å². The monoisotopic (exact) mass is 315 g/mol. The minimum absolute atomic E-state index is 0.0900. The Kier molecular flexibility index (Phi) is 4.36. The highest BCUT2D eigenvalue weighted by atomic mass is 16.5. The minimum Gasteiger partial charge on any atom is -0.486 e. The number of carbonyl (C=O) groups excluding carboxylic acids is 2. The predicted octanol–water partition coefficient (Wildman–Crippen LogP) is 1.67. The molecule has 0 bridgehead atoms. The number of Topliss-reactive ketones (excluding diaryl/α,β-unsaturated/α-hetero) is 1. The quantitative estimate of drug-likeness (QED) is 0.835. The van der Waals surface area contributed by atoms with Crippen molar-refractivity contribution >= 4 is 11.7 Å². The third-order valence-corrected chi connectivity index (χ3v) is 3.50. The molecule has 1 aromatic carbocycles. The van der Waals surface area contributed by atoms with Crippen molar-refractivity contribution in [3.8, 4) is 5.75 Å². The summed E-state index contributed by atoms with van der Waals surface area (Å²) in [4.78, 5) is 23.6. The van der Waals surface area contributed by atoms with Gasteiger partial charge in [-0.2, -0.15) is 0 Å². The van der Waals surface area contributed by atoms with Crippen LogP contribution in [0.1, 0.15) is 35.0 Å². The molecule has 1 aliphatic carbocycles. The molecule has 1 aliphatic rings. The summed E-state index contributed by atoms with van der Waals surface area (Å²) in [5.41, 5.74) is 0.488. The number of rotatable bonds is 7. The minimum atomic E-state index is -0.249. The molecular weight excluding hydrogens is 298 g/mol. The van der Waals surface area contributed by atoms with E-state index in [4.69, 9.17) is 9.15 Å². The topological polar surface area (TPSA) is 94.3 Å². The molecule has 0 radical (unpaired) electrons. The van der Waals surface area contributed by atoms with E-state index in [-0.39, 0.29) is 30.8 Å². The summed E-state index contributed by atoms with van der Waals surface area (Å²) in [6.45, 7) is 1.95. The van der Waals surface area contributed by atoms with Crippen LogP contribution in [0.5, 0.6) is 5.75 Å². The second-order valence-electron chi connectivity index (χ2n) is 5.45. The smallest absolute Gasteiger partial charge is 0.251 e. The van der Waals surface area contributed by atoms with Crippen LogP contribution in [-0.4, -0.2) is 28.5 Å². The Hall–Kier alpha value is -2.70. The van der Waals surface area contributed by atoms with Crippen LogP contribution in [0.25, 0.3) is 0 Å². The summed E-state index contributed by atoms with van der Waals surface area (Å²) in [6, 6.07) is 6.63. The highest BCUT2D eigenvalue weighted by Crippen LogP contribution is 2.29. The fraction of sp³-hybridized carbons (Fsp3) is 0.375. The molecule has 3 rings (SSSR count). The van der Waals surface area contributed by atoms with E-state index in [0.717, 1.165) is 12.8 Å². The summed E-state index contributed by atoms with van der Waals surface area (Å²) in [5, 5.41) is 10.2. The van der Waals surface area contributed by atoms with E-state index in [0.29, 0.717) is 23.1 Å². The average molecular weight is 315 g/mol. The lowest BCUT2D eigenvalue weighted by molar-refractivity contribution is -0.122. The molecule has 1 fully saturated rings. The van der Waals surface area contributed by atoms with E-state index in [1.807, 2.05) is 0 Å². The normalized spacial score (nSPS) is 13.6. The lowest BCUT2D eigenvalue weighted by atomic mass is 10.2. The maximum atomic E-state index is 12.0. The summed E-state index contributed by atoms with van der Waals surface area (Å²) in [7, 11) is 0. The zero-order valence-electron chi connectivity index (χ0n) is 12.7. The van der Waals surface area contributed by atoms with Crippen LogP contribution in [0.3, 0.4) is 0 Å². The number of ether oxygens (including phenoxy) is 1. The number of nitrogens with one attached hydrogen (secondary N) is 1. The van der Waals surface area contributed by atoms with Crippen LogP contribution < -0.4 is 10.1 Å². The molecule has 1 heterocycles. The van der Waals surface area contributed by atoms with Crippen LogP contribution in [-0.2, 0) is 11.3 Å². The maximum absolute atomic E-state index is 12.0. The van der Waals surface area contributed by atoms with Crippen molar-refractivity contribution in [2.75, 3.05) is 6.61 Å². The molecule has 23 heavy (non-hydrogen) atoms. The molecule has 1 aromatic heterocycles. The Labute approximate surface area is 133 Å². The van der Waals surface area contributed by atoms with Crippen LogP contribution in [0.15, 0.2) is 28.7 Å². The van der Waals surface area contributed by atoms with Crippen LogP contribution in [0.4, 0.5) is 0 Å². The zero-order chi connectivity index (χ0) is 16.2. The molecule has 7 heteroatoms. The zero-order valence-corrected chi connectivity index (χ0v) is 12.7. The first-order valence-corrected chi connectivity index (χ1v) is 7.44. The van der Waals surface area contributed by atoms with Gasteiger partial charge in [-0.3, -0.25) is 9.59 Å². The number of nitrogens with zero attached hydrogens (tertiary/aromatic N) is 2. The fourth-order valence-electron chi connectivity index (χ4n) is 2.05. The number of hydrogen-bond acceptors (Lipinski definition) is 6. The molecule has 1 amide bonds. The molecule has 1 saturated carbocycles. The largest absolute Gasteiger partial charge is 0.486 e. The second kappa shape index (κ2) is 6.60. The molecule has 0 aliphatic heterocycles. The number of aromatic nitrogens is 2. The first-order valence-electron chi connectivity index (χ1n) is 7.44. The Morgan fingerprint density at radius 1 is 1.26 bits per heavy atom. The van der Waals surface area contributed by atoms with E-state index < -0.39 is 0 Å². The van der Waals surface area contributed by atoms with Crippen molar-refractivity contribution in [3.05, 3.63) is 41.6 Å². The number of hydrogen-bond donors (Lipinski definition) is 1. The van der Waals surface area contributed by atoms with Gasteiger partial charge in [-0.25, -0.2) is 0 Å². The first-order chi connectivity index (χ1) is 11.1. The summed E-state index contributed by atoms with van der Waals surface area (Å²) >= 11 is 0. The third kappa shape index (κ3) is 4.15. The van der Waals surface area contributed by atoms with E-state index >= 15 is 0 Å². The van der Waals surface area contributed by atoms with Crippen molar-refractivity contribution in [2.45, 2.75) is 26.3 Å². The van der Waals surface area contributed by atoms with Crippen molar-refractivity contribution in [3.63, 3.8) is 0 Å². The van der Waals surface area contributed by atoms with E-state index in [1.54, 1.807) is 31.2 Å².